The molecule has 8 nitrogen and oxygen atoms in total. The molecule has 64 valence electrons. The summed E-state index contributed by atoms with van der Waals surface area (Å²) in [5.41, 5.74) is 0. The fourth-order valence-corrected chi connectivity index (χ4v) is 0.118. The number of carbonyl (C=O) groups is 2. The number of carboxylic acid groups (broad SMARTS) is 2. The Kier molecular flexibility index (Phi) is 25.2. The van der Waals surface area contributed by atoms with Crippen LogP contribution < -0.4 is 10.2 Å². The molecule has 0 bridgehead atoms. The molecule has 0 N–H and O–H groups in total. The van der Waals surface area contributed by atoms with Crippen LogP contribution >= 0.6 is 0 Å². The van der Waals surface area contributed by atoms with Crippen LogP contribution in [-0.2, 0) is 57.2 Å². The monoisotopic (exact) mass is 392 g/mol. The second kappa shape index (κ2) is 14.3. The van der Waals surface area contributed by atoms with E-state index >= 15 is 0 Å². The van der Waals surface area contributed by atoms with E-state index in [-0.39, 0.29) is 47.6 Å². The summed E-state index contributed by atoms with van der Waals surface area (Å²) in [6, 6.07) is 0. The van der Waals surface area contributed by atoms with Crippen molar-refractivity contribution in [3.8, 4) is 0 Å². The number of carbonyl (C=O) groups excluding carboxylic acids is 2. The maximum absolute atomic E-state index is 9.28. The minimum Gasteiger partial charge on any atom is -0.550 e. The van der Waals surface area contributed by atoms with Gasteiger partial charge in [0.05, 0.1) is 5.09 Å². The zero-order valence-corrected chi connectivity index (χ0v) is 11.2. The Morgan fingerprint density at radius 1 is 1.08 bits per heavy atom. The summed E-state index contributed by atoms with van der Waals surface area (Å²) in [6.45, 7) is 0. The molecule has 0 radical (unpaired) electrons. The SMILES string of the molecule is O=C([O-])CC(=O)[O-].O=[N+]([O-])[O-].[Hf+4].[Ti+4]. The summed E-state index contributed by atoms with van der Waals surface area (Å²) >= 11 is 0. The number of hydrogen-bond donors (Lipinski definition) is 0. The molecule has 13 heavy (non-hydrogen) atoms. The average Bonchev–Trinajstić information content (AvgIpc) is 1.56. The van der Waals surface area contributed by atoms with Crippen molar-refractivity contribution < 1.29 is 72.4 Å². The maximum Gasteiger partial charge on any atom is 4.00 e. The van der Waals surface area contributed by atoms with E-state index in [4.69, 9.17) is 15.3 Å². The van der Waals surface area contributed by atoms with Crippen LogP contribution in [0.5, 0.6) is 0 Å². The molecule has 0 aromatic heterocycles. The molecule has 0 saturated heterocycles. The molecule has 0 heterocycles. The molecule has 0 aromatic carbocycles. The van der Waals surface area contributed by atoms with Gasteiger partial charge in [-0.05, 0) is 0 Å². The molecule has 0 fully saturated rings. The van der Waals surface area contributed by atoms with Crippen LogP contribution in [0.4, 0.5) is 0 Å². The number of hydrogen-bond acceptors (Lipinski definition) is 7. The number of aliphatic carboxylic acids is 2. The van der Waals surface area contributed by atoms with Crippen molar-refractivity contribution in [2.75, 3.05) is 0 Å². The normalized spacial score (nSPS) is 6.15. The molecule has 0 spiro atoms. The van der Waals surface area contributed by atoms with E-state index in [1.165, 1.54) is 0 Å². The molecule has 0 atom stereocenters. The minimum absolute atomic E-state index is 0. The Labute approximate surface area is 106 Å². The van der Waals surface area contributed by atoms with Crippen molar-refractivity contribution >= 4 is 11.9 Å². The summed E-state index contributed by atoms with van der Waals surface area (Å²) in [5, 5.41) is 33.3. The second-order valence-electron chi connectivity index (χ2n) is 1.14. The van der Waals surface area contributed by atoms with Crippen LogP contribution in [0, 0.1) is 15.3 Å². The fraction of sp³-hybridized carbons (Fsp3) is 0.333. The largest absolute Gasteiger partial charge is 4.00 e. The van der Waals surface area contributed by atoms with Gasteiger partial charge in [-0.3, -0.25) is 0 Å². The number of rotatable bonds is 2. The molecule has 0 rings (SSSR count). The second-order valence-corrected chi connectivity index (χ2v) is 1.14. The first kappa shape index (κ1) is 23.0. The Morgan fingerprint density at radius 2 is 1.23 bits per heavy atom. The van der Waals surface area contributed by atoms with Crippen LogP contribution in [-0.4, -0.2) is 17.0 Å². The first-order valence-corrected chi connectivity index (χ1v) is 2.07. The Morgan fingerprint density at radius 3 is 1.23 bits per heavy atom. The van der Waals surface area contributed by atoms with Gasteiger partial charge in [-0.1, -0.05) is 0 Å². The van der Waals surface area contributed by atoms with Crippen LogP contribution in [0.1, 0.15) is 6.42 Å². The van der Waals surface area contributed by atoms with E-state index in [0.29, 0.717) is 0 Å². The van der Waals surface area contributed by atoms with E-state index in [1.54, 1.807) is 0 Å². The fourth-order valence-electron chi connectivity index (χ4n) is 0.118. The zero-order chi connectivity index (χ0) is 9.44. The molecule has 0 aliphatic heterocycles. The zero-order valence-electron chi connectivity index (χ0n) is 6.01. The third-order valence-electron chi connectivity index (χ3n) is 0.289. The van der Waals surface area contributed by atoms with Crippen LogP contribution in [0.2, 0.25) is 0 Å². The van der Waals surface area contributed by atoms with Crippen molar-refractivity contribution in [1.82, 2.24) is 0 Å². The molecular weight excluding hydrogens is 388 g/mol. The van der Waals surface area contributed by atoms with Crippen molar-refractivity contribution in [2.45, 2.75) is 6.42 Å². The van der Waals surface area contributed by atoms with E-state index in [2.05, 4.69) is 0 Å². The van der Waals surface area contributed by atoms with E-state index in [9.17, 15) is 19.8 Å². The molecular formula is C3H2HfNO7Ti+5. The number of carboxylic acids is 2. The summed E-state index contributed by atoms with van der Waals surface area (Å²) in [4.78, 5) is 26.8. The Balaban J connectivity index is -0.0000000600. The van der Waals surface area contributed by atoms with Crippen molar-refractivity contribution in [3.05, 3.63) is 15.3 Å². The van der Waals surface area contributed by atoms with Gasteiger partial charge in [0.25, 0.3) is 0 Å². The smallest absolute Gasteiger partial charge is 0.550 e. The van der Waals surface area contributed by atoms with Gasteiger partial charge in [0.2, 0.25) is 0 Å². The van der Waals surface area contributed by atoms with Gasteiger partial charge >= 0.3 is 47.6 Å². The summed E-state index contributed by atoms with van der Waals surface area (Å²) in [7, 11) is 0. The van der Waals surface area contributed by atoms with E-state index in [0.717, 1.165) is 0 Å². The first-order chi connectivity index (χ1) is 4.86. The third kappa shape index (κ3) is 79.9. The molecule has 0 aliphatic rings. The van der Waals surface area contributed by atoms with Gasteiger partial charge in [-0.25, -0.2) is 0 Å². The van der Waals surface area contributed by atoms with E-state index in [1.807, 2.05) is 0 Å². The molecule has 10 heteroatoms. The Bertz CT molecular complexity index is 157. The van der Waals surface area contributed by atoms with Crippen molar-refractivity contribution in [1.29, 1.82) is 0 Å². The topological polar surface area (TPSA) is 146 Å². The molecule has 0 unspecified atom stereocenters. The predicted molar refractivity (Wildman–Crippen MR) is 25.0 cm³/mol. The first-order valence-electron chi connectivity index (χ1n) is 2.07. The van der Waals surface area contributed by atoms with Gasteiger partial charge in [-0.2, -0.15) is 0 Å². The van der Waals surface area contributed by atoms with Crippen molar-refractivity contribution in [2.24, 2.45) is 0 Å². The van der Waals surface area contributed by atoms with Gasteiger partial charge in [0.1, 0.15) is 0 Å². The van der Waals surface area contributed by atoms with Gasteiger partial charge in [0.15, 0.2) is 0 Å². The van der Waals surface area contributed by atoms with Crippen LogP contribution in [0.25, 0.3) is 0 Å². The van der Waals surface area contributed by atoms with Crippen LogP contribution in [0.15, 0.2) is 0 Å². The average molecular weight is 390 g/mol. The molecule has 0 aromatic rings. The maximum atomic E-state index is 9.28. The van der Waals surface area contributed by atoms with Gasteiger partial charge in [-0.15, -0.1) is 0 Å². The number of nitrogens with zero attached hydrogens (tertiary/aromatic N) is 1. The molecule has 0 saturated carbocycles. The van der Waals surface area contributed by atoms with Crippen LogP contribution in [0.3, 0.4) is 0 Å². The van der Waals surface area contributed by atoms with E-state index < -0.39 is 23.4 Å². The summed E-state index contributed by atoms with van der Waals surface area (Å²) in [6.07, 6.45) is -1.03. The minimum atomic E-state index is -1.75. The third-order valence-corrected chi connectivity index (χ3v) is 0.289. The summed E-state index contributed by atoms with van der Waals surface area (Å²) < 4.78 is 0. The standard InChI is InChI=1S/C3H4O4.Hf.NO3.Ti/c4-2(5)1-3(6)7;;2-1(3)4;/h1H2,(H,4,5)(H,6,7);;;/q;+4;-1;+4/p-2. The predicted octanol–water partition coefficient (Wildman–Crippen LogP) is -3.37. The van der Waals surface area contributed by atoms with Gasteiger partial charge in [0, 0.05) is 18.4 Å². The van der Waals surface area contributed by atoms with Crippen molar-refractivity contribution in [3.63, 3.8) is 0 Å². The quantitative estimate of drug-likeness (QED) is 0.207. The Hall–Kier alpha value is -0.276. The van der Waals surface area contributed by atoms with Gasteiger partial charge < -0.3 is 35.1 Å². The summed E-state index contributed by atoms with van der Waals surface area (Å²) in [5.74, 6) is -3.25. The molecule has 0 amide bonds. The molecule has 0 aliphatic carbocycles.